The van der Waals surface area contributed by atoms with Crippen LogP contribution in [-0.2, 0) is 9.53 Å². The van der Waals surface area contributed by atoms with Crippen molar-refractivity contribution < 1.29 is 9.53 Å². The zero-order valence-electron chi connectivity index (χ0n) is 13.0. The number of carbonyl (C=O) groups excluding carboxylic acids is 1. The molecule has 0 spiro atoms. The molecule has 0 bridgehead atoms. The van der Waals surface area contributed by atoms with Crippen molar-refractivity contribution in [1.29, 1.82) is 0 Å². The second-order valence-corrected chi connectivity index (χ2v) is 6.89. The first kappa shape index (κ1) is 15.8. The van der Waals surface area contributed by atoms with Gasteiger partial charge in [-0.15, -0.1) is 0 Å². The van der Waals surface area contributed by atoms with E-state index in [9.17, 15) is 4.79 Å². The molecule has 2 fully saturated rings. The molecule has 0 aromatic rings. The highest BCUT2D eigenvalue weighted by Gasteiger charge is 2.36. The second-order valence-electron chi connectivity index (χ2n) is 6.89. The number of rotatable bonds is 8. The van der Waals surface area contributed by atoms with E-state index in [1.54, 1.807) is 0 Å². The first-order valence-electron chi connectivity index (χ1n) is 8.17. The van der Waals surface area contributed by atoms with Crippen LogP contribution in [0.25, 0.3) is 0 Å². The Balaban J connectivity index is 1.59. The van der Waals surface area contributed by atoms with Crippen molar-refractivity contribution in [2.45, 2.75) is 46.0 Å². The number of carbonyl (C=O) groups is 1. The molecule has 1 atom stereocenters. The Morgan fingerprint density at radius 3 is 2.80 bits per heavy atom. The van der Waals surface area contributed by atoms with E-state index in [0.717, 1.165) is 51.6 Å². The van der Waals surface area contributed by atoms with Crippen molar-refractivity contribution in [1.82, 2.24) is 10.6 Å². The number of ether oxygens (including phenoxy) is 1. The summed E-state index contributed by atoms with van der Waals surface area (Å²) in [4.78, 5) is 12.3. The number of nitrogens with one attached hydrogen (secondary N) is 2. The number of amides is 1. The van der Waals surface area contributed by atoms with Crippen molar-refractivity contribution in [2.24, 2.45) is 17.3 Å². The van der Waals surface area contributed by atoms with Gasteiger partial charge in [-0.3, -0.25) is 4.79 Å². The molecular weight excluding hydrogens is 252 g/mol. The molecule has 1 saturated carbocycles. The van der Waals surface area contributed by atoms with Crippen LogP contribution < -0.4 is 10.6 Å². The smallest absolute Gasteiger partial charge is 0.225 e. The summed E-state index contributed by atoms with van der Waals surface area (Å²) in [5.41, 5.74) is -0.276. The minimum absolute atomic E-state index is 0.188. The van der Waals surface area contributed by atoms with E-state index in [2.05, 4.69) is 24.5 Å². The lowest BCUT2D eigenvalue weighted by atomic mass is 9.74. The fourth-order valence-electron chi connectivity index (χ4n) is 2.79. The van der Waals surface area contributed by atoms with Crippen LogP contribution in [0.4, 0.5) is 0 Å². The standard InChI is InChI=1S/C16H30N2O2/c1-16(2,14-5-3-8-17-11-14)15(19)18-9-4-10-20-12-13-6-7-13/h13-14,17H,3-12H2,1-2H3,(H,18,19). The van der Waals surface area contributed by atoms with Crippen LogP contribution in [0.15, 0.2) is 0 Å². The summed E-state index contributed by atoms with van der Waals surface area (Å²) in [5.74, 6) is 1.46. The van der Waals surface area contributed by atoms with Gasteiger partial charge >= 0.3 is 0 Å². The predicted octanol–water partition coefficient (Wildman–Crippen LogP) is 1.95. The summed E-state index contributed by atoms with van der Waals surface area (Å²) in [6, 6.07) is 0. The van der Waals surface area contributed by atoms with Gasteiger partial charge in [0.05, 0.1) is 0 Å². The van der Waals surface area contributed by atoms with Gasteiger partial charge in [0, 0.05) is 25.2 Å². The Morgan fingerprint density at radius 2 is 2.15 bits per heavy atom. The third kappa shape index (κ3) is 4.74. The lowest BCUT2D eigenvalue weighted by molar-refractivity contribution is -0.132. The average Bonchev–Trinajstić information content (AvgIpc) is 3.27. The molecule has 20 heavy (non-hydrogen) atoms. The fourth-order valence-corrected chi connectivity index (χ4v) is 2.79. The zero-order chi connectivity index (χ0) is 14.4. The molecule has 1 unspecified atom stereocenters. The molecule has 4 heteroatoms. The summed E-state index contributed by atoms with van der Waals surface area (Å²) in [7, 11) is 0. The molecule has 0 aromatic carbocycles. The minimum Gasteiger partial charge on any atom is -0.381 e. The van der Waals surface area contributed by atoms with Gasteiger partial charge in [-0.25, -0.2) is 0 Å². The molecule has 1 amide bonds. The Hall–Kier alpha value is -0.610. The highest BCUT2D eigenvalue weighted by atomic mass is 16.5. The second kappa shape index (κ2) is 7.41. The van der Waals surface area contributed by atoms with Crippen LogP contribution in [0.2, 0.25) is 0 Å². The van der Waals surface area contributed by atoms with Gasteiger partial charge < -0.3 is 15.4 Å². The molecule has 0 aromatic heterocycles. The van der Waals surface area contributed by atoms with Crippen molar-refractivity contribution in [3.05, 3.63) is 0 Å². The molecule has 1 aliphatic heterocycles. The van der Waals surface area contributed by atoms with Crippen LogP contribution in [0.3, 0.4) is 0 Å². The Kier molecular flexibility index (Phi) is 5.85. The van der Waals surface area contributed by atoms with Gasteiger partial charge in [-0.05, 0) is 57.0 Å². The van der Waals surface area contributed by atoms with Crippen LogP contribution in [0.5, 0.6) is 0 Å². The first-order valence-corrected chi connectivity index (χ1v) is 8.17. The highest BCUT2D eigenvalue weighted by Crippen LogP contribution is 2.32. The molecule has 2 N–H and O–H groups in total. The summed E-state index contributed by atoms with van der Waals surface area (Å²) in [6.07, 6.45) is 5.91. The summed E-state index contributed by atoms with van der Waals surface area (Å²) >= 11 is 0. The van der Waals surface area contributed by atoms with Gasteiger partial charge in [0.15, 0.2) is 0 Å². The largest absolute Gasteiger partial charge is 0.381 e. The molecule has 0 radical (unpaired) electrons. The molecule has 116 valence electrons. The SMILES string of the molecule is CC(C)(C(=O)NCCCOCC1CC1)C1CCCNC1. The minimum atomic E-state index is -0.276. The third-order valence-corrected chi connectivity index (χ3v) is 4.70. The van der Waals surface area contributed by atoms with E-state index >= 15 is 0 Å². The maximum Gasteiger partial charge on any atom is 0.225 e. The summed E-state index contributed by atoms with van der Waals surface area (Å²) in [5, 5.41) is 6.47. The summed E-state index contributed by atoms with van der Waals surface area (Å²) in [6.45, 7) is 8.60. The van der Waals surface area contributed by atoms with Crippen LogP contribution in [0, 0.1) is 17.3 Å². The van der Waals surface area contributed by atoms with Crippen LogP contribution >= 0.6 is 0 Å². The van der Waals surface area contributed by atoms with Crippen LogP contribution in [0.1, 0.15) is 46.0 Å². The van der Waals surface area contributed by atoms with Gasteiger partial charge in [0.2, 0.25) is 5.91 Å². The molecule has 4 nitrogen and oxygen atoms in total. The lowest BCUT2D eigenvalue weighted by Crippen LogP contribution is -2.47. The Labute approximate surface area is 123 Å². The van der Waals surface area contributed by atoms with Gasteiger partial charge in [-0.2, -0.15) is 0 Å². The zero-order valence-corrected chi connectivity index (χ0v) is 13.0. The molecule has 2 rings (SSSR count). The third-order valence-electron chi connectivity index (χ3n) is 4.70. The van der Waals surface area contributed by atoms with E-state index in [1.165, 1.54) is 19.3 Å². The van der Waals surface area contributed by atoms with Crippen LogP contribution in [-0.4, -0.2) is 38.8 Å². The fraction of sp³-hybridized carbons (Fsp3) is 0.938. The molecule has 1 heterocycles. The number of hydrogen-bond acceptors (Lipinski definition) is 3. The van der Waals surface area contributed by atoms with E-state index in [0.29, 0.717) is 5.92 Å². The Morgan fingerprint density at radius 1 is 1.35 bits per heavy atom. The topological polar surface area (TPSA) is 50.4 Å². The van der Waals surface area contributed by atoms with Gasteiger partial charge in [0.1, 0.15) is 0 Å². The van der Waals surface area contributed by atoms with Gasteiger partial charge in [0.25, 0.3) is 0 Å². The van der Waals surface area contributed by atoms with Crippen molar-refractivity contribution >= 4 is 5.91 Å². The predicted molar refractivity (Wildman–Crippen MR) is 80.5 cm³/mol. The monoisotopic (exact) mass is 282 g/mol. The first-order chi connectivity index (χ1) is 9.60. The molecule has 2 aliphatic rings. The Bertz CT molecular complexity index is 308. The molecule has 1 saturated heterocycles. The molecular formula is C16H30N2O2. The molecule has 1 aliphatic carbocycles. The van der Waals surface area contributed by atoms with Crippen molar-refractivity contribution in [3.63, 3.8) is 0 Å². The maximum absolute atomic E-state index is 12.3. The maximum atomic E-state index is 12.3. The quantitative estimate of drug-likeness (QED) is 0.669. The highest BCUT2D eigenvalue weighted by molar-refractivity contribution is 5.82. The normalized spacial score (nSPS) is 23.6. The van der Waals surface area contributed by atoms with Gasteiger partial charge in [-0.1, -0.05) is 13.8 Å². The van der Waals surface area contributed by atoms with E-state index < -0.39 is 0 Å². The van der Waals surface area contributed by atoms with E-state index in [-0.39, 0.29) is 11.3 Å². The summed E-state index contributed by atoms with van der Waals surface area (Å²) < 4.78 is 5.58. The average molecular weight is 282 g/mol. The van der Waals surface area contributed by atoms with E-state index in [4.69, 9.17) is 4.74 Å². The number of hydrogen-bond donors (Lipinski definition) is 2. The lowest BCUT2D eigenvalue weighted by Gasteiger charge is -2.36. The number of piperidine rings is 1. The van der Waals surface area contributed by atoms with E-state index in [1.807, 2.05) is 0 Å². The van der Waals surface area contributed by atoms with Crippen molar-refractivity contribution in [3.8, 4) is 0 Å². The van der Waals surface area contributed by atoms with Crippen molar-refractivity contribution in [2.75, 3.05) is 32.8 Å².